The number of amides is 1. The summed E-state index contributed by atoms with van der Waals surface area (Å²) in [6.07, 6.45) is 0. The molecule has 2 N–H and O–H groups in total. The van der Waals surface area contributed by atoms with Crippen LogP contribution in [0.15, 0.2) is 39.6 Å². The smallest absolute Gasteiger partial charge is 0.439 e. The molecule has 4 aromatic rings. The maximum absolute atomic E-state index is 12.2. The van der Waals surface area contributed by atoms with Crippen molar-refractivity contribution in [3.63, 3.8) is 0 Å². The van der Waals surface area contributed by atoms with Crippen molar-refractivity contribution in [2.24, 2.45) is 0 Å². The average molecular weight is 550 g/mol. The Morgan fingerprint density at radius 2 is 1.92 bits per heavy atom. The minimum Gasteiger partial charge on any atom is -0.454 e. The van der Waals surface area contributed by atoms with Crippen molar-refractivity contribution < 1.29 is 18.8 Å². The molecule has 0 spiro atoms. The van der Waals surface area contributed by atoms with E-state index in [0.717, 1.165) is 22.6 Å². The molecule has 0 unspecified atom stereocenters. The zero-order valence-corrected chi connectivity index (χ0v) is 22.7. The van der Waals surface area contributed by atoms with Crippen LogP contribution in [0, 0.1) is 6.92 Å². The fourth-order valence-corrected chi connectivity index (χ4v) is 4.70. The number of anilines is 1. The summed E-state index contributed by atoms with van der Waals surface area (Å²) in [6.45, 7) is 9.95. The summed E-state index contributed by atoms with van der Waals surface area (Å²) in [5.74, 6) is -1.06. The lowest BCUT2D eigenvalue weighted by Gasteiger charge is -2.15. The van der Waals surface area contributed by atoms with Crippen LogP contribution < -0.4 is 15.8 Å². The highest BCUT2D eigenvalue weighted by molar-refractivity contribution is 6.76. The molecule has 1 amide bonds. The number of halogens is 2. The second kappa shape index (κ2) is 10.5. The molecule has 0 atom stereocenters. The number of H-pyrrole nitrogens is 1. The number of nitrogens with one attached hydrogen (secondary N) is 2. The number of carbonyl (C=O) groups is 1. The van der Waals surface area contributed by atoms with E-state index >= 15 is 0 Å². The summed E-state index contributed by atoms with van der Waals surface area (Å²) in [4.78, 5) is 25.4. The zero-order chi connectivity index (χ0) is 26.0. The van der Waals surface area contributed by atoms with Gasteiger partial charge in [-0.05, 0) is 48.5 Å². The van der Waals surface area contributed by atoms with Crippen LogP contribution in [0.3, 0.4) is 0 Å². The Bertz CT molecular complexity index is 1450. The number of ether oxygens (including phenoxy) is 2. The van der Waals surface area contributed by atoms with Crippen LogP contribution in [-0.4, -0.2) is 40.5 Å². The van der Waals surface area contributed by atoms with Crippen molar-refractivity contribution >= 4 is 53.8 Å². The van der Waals surface area contributed by atoms with E-state index in [4.69, 9.17) is 32.7 Å². The van der Waals surface area contributed by atoms with Gasteiger partial charge in [-0.3, -0.25) is 14.3 Å². The molecule has 2 heterocycles. The number of hydrogen-bond acceptors (Lipinski definition) is 7. The van der Waals surface area contributed by atoms with Crippen molar-refractivity contribution in [3.05, 3.63) is 62.4 Å². The number of aryl methyl sites for hydroxylation is 1. The van der Waals surface area contributed by atoms with Crippen LogP contribution in [0.25, 0.3) is 10.9 Å². The van der Waals surface area contributed by atoms with Crippen LogP contribution in [0.1, 0.15) is 16.3 Å². The molecule has 0 saturated carbocycles. The molecule has 0 aliphatic carbocycles. The van der Waals surface area contributed by atoms with Gasteiger partial charge in [0.05, 0.1) is 21.3 Å². The monoisotopic (exact) mass is 549 g/mol. The van der Waals surface area contributed by atoms with E-state index < -0.39 is 19.7 Å². The first-order valence-corrected chi connectivity index (χ1v) is 15.6. The number of hydrogen-bond donors (Lipinski definition) is 2. The number of benzene rings is 2. The number of nitrogens with zero attached hydrogens (tertiary/aromatic N) is 3. The average Bonchev–Trinajstić information content (AvgIpc) is 3.36. The van der Waals surface area contributed by atoms with Gasteiger partial charge in [-0.15, -0.1) is 0 Å². The lowest BCUT2D eigenvalue weighted by molar-refractivity contribution is 0.0815. The number of fused-ring (bicyclic) bond motifs is 1. The quantitative estimate of drug-likeness (QED) is 0.203. The molecule has 0 fully saturated rings. The molecule has 4 rings (SSSR count). The lowest BCUT2D eigenvalue weighted by atomic mass is 10.2. The second-order valence-electron chi connectivity index (χ2n) is 9.38. The maximum atomic E-state index is 12.2. The van der Waals surface area contributed by atoms with Gasteiger partial charge < -0.3 is 14.8 Å². The largest absolute Gasteiger partial charge is 0.454 e. The number of aromatic amines is 1. The molecule has 0 bridgehead atoms. The summed E-state index contributed by atoms with van der Waals surface area (Å²) in [6, 6.07) is 9.59. The molecule has 0 saturated heterocycles. The Kier molecular flexibility index (Phi) is 7.55. The van der Waals surface area contributed by atoms with E-state index in [1.807, 2.05) is 23.7 Å². The molecule has 190 valence electrons. The SMILES string of the molecule is Cc1nn(COCC[Si](C)(C)C)c2ccc(Oc3c(Cl)cc(NC(=O)c4noc(=O)[nH]4)cc3Cl)cc12. The minimum absolute atomic E-state index is 0.176. The van der Waals surface area contributed by atoms with Gasteiger partial charge >= 0.3 is 5.76 Å². The Morgan fingerprint density at radius 3 is 2.56 bits per heavy atom. The number of carbonyl (C=O) groups excluding carboxylic acids is 1. The van der Waals surface area contributed by atoms with E-state index in [0.29, 0.717) is 19.1 Å². The van der Waals surface area contributed by atoms with Gasteiger partial charge in [0.25, 0.3) is 5.91 Å². The predicted molar refractivity (Wildman–Crippen MR) is 140 cm³/mol. The summed E-state index contributed by atoms with van der Waals surface area (Å²) in [5.41, 5.74) is 2.05. The van der Waals surface area contributed by atoms with E-state index in [9.17, 15) is 9.59 Å². The van der Waals surface area contributed by atoms with Crippen LogP contribution in [0.2, 0.25) is 35.7 Å². The summed E-state index contributed by atoms with van der Waals surface area (Å²) >= 11 is 12.8. The predicted octanol–water partition coefficient (Wildman–Crippen LogP) is 5.68. The number of aromatic nitrogens is 4. The summed E-state index contributed by atoms with van der Waals surface area (Å²) < 4.78 is 18.0. The Labute approximate surface area is 217 Å². The second-order valence-corrected chi connectivity index (χ2v) is 15.8. The fraction of sp³-hybridized carbons (Fsp3) is 0.304. The molecule has 0 aliphatic rings. The molecule has 0 radical (unpaired) electrons. The van der Waals surface area contributed by atoms with Gasteiger partial charge in [0, 0.05) is 25.8 Å². The lowest BCUT2D eigenvalue weighted by Crippen LogP contribution is -2.22. The topological polar surface area (TPSA) is 124 Å². The number of rotatable bonds is 9. The van der Waals surface area contributed by atoms with Gasteiger partial charge in [-0.1, -0.05) is 42.8 Å². The Hall–Kier alpha value is -3.12. The first kappa shape index (κ1) is 26.0. The normalized spacial score (nSPS) is 11.7. The molecule has 0 aliphatic heterocycles. The third-order valence-electron chi connectivity index (χ3n) is 5.25. The molecule has 10 nitrogen and oxygen atoms in total. The van der Waals surface area contributed by atoms with Crippen molar-refractivity contribution in [1.82, 2.24) is 19.9 Å². The van der Waals surface area contributed by atoms with Crippen molar-refractivity contribution in [2.45, 2.75) is 39.3 Å². The third-order valence-corrected chi connectivity index (χ3v) is 7.51. The van der Waals surface area contributed by atoms with Gasteiger partial charge in [-0.2, -0.15) is 5.10 Å². The Morgan fingerprint density at radius 1 is 1.19 bits per heavy atom. The highest BCUT2D eigenvalue weighted by atomic mass is 35.5. The minimum atomic E-state index is -1.16. The molecular weight excluding hydrogens is 525 g/mol. The highest BCUT2D eigenvalue weighted by Crippen LogP contribution is 2.39. The maximum Gasteiger partial charge on any atom is 0.439 e. The van der Waals surface area contributed by atoms with Crippen molar-refractivity contribution in [2.75, 3.05) is 11.9 Å². The van der Waals surface area contributed by atoms with Crippen LogP contribution in [-0.2, 0) is 11.5 Å². The molecule has 13 heteroatoms. The Balaban J connectivity index is 1.48. The van der Waals surface area contributed by atoms with E-state index in [1.54, 1.807) is 6.07 Å². The van der Waals surface area contributed by atoms with Gasteiger partial charge in [0.2, 0.25) is 5.82 Å². The van der Waals surface area contributed by atoms with Crippen LogP contribution >= 0.6 is 23.2 Å². The zero-order valence-electron chi connectivity index (χ0n) is 20.1. The van der Waals surface area contributed by atoms with E-state index in [1.165, 1.54) is 12.1 Å². The highest BCUT2D eigenvalue weighted by Gasteiger charge is 2.17. The van der Waals surface area contributed by atoms with Crippen LogP contribution in [0.4, 0.5) is 5.69 Å². The van der Waals surface area contributed by atoms with E-state index in [2.05, 4.69) is 44.7 Å². The molecular formula is C23H25Cl2N5O5Si. The third kappa shape index (κ3) is 6.16. The first-order chi connectivity index (χ1) is 17.0. The van der Waals surface area contributed by atoms with Gasteiger partial charge in [0.15, 0.2) is 5.75 Å². The van der Waals surface area contributed by atoms with E-state index in [-0.39, 0.29) is 27.3 Å². The summed E-state index contributed by atoms with van der Waals surface area (Å²) in [5, 5.41) is 11.7. The van der Waals surface area contributed by atoms with Gasteiger partial charge in [0.1, 0.15) is 12.5 Å². The summed E-state index contributed by atoms with van der Waals surface area (Å²) in [7, 11) is -1.16. The van der Waals surface area contributed by atoms with Gasteiger partial charge in [-0.25, -0.2) is 9.48 Å². The van der Waals surface area contributed by atoms with Crippen LogP contribution in [0.5, 0.6) is 11.5 Å². The van der Waals surface area contributed by atoms with Crippen molar-refractivity contribution in [3.8, 4) is 11.5 Å². The molecule has 36 heavy (non-hydrogen) atoms. The fourth-order valence-electron chi connectivity index (χ4n) is 3.38. The first-order valence-electron chi connectivity index (χ1n) is 11.1. The van der Waals surface area contributed by atoms with Crippen molar-refractivity contribution in [1.29, 1.82) is 0 Å². The molecule has 2 aromatic carbocycles. The molecule has 2 aromatic heterocycles. The standard InChI is InChI=1S/C23H25Cl2N5O5Si/c1-13-16-11-15(5-6-19(16)30(28-13)12-33-7-8-36(2,3)4)34-20-17(24)9-14(10-18(20)25)26-22(31)21-27-23(32)35-29-21/h5-6,9-11H,7-8,12H2,1-4H3,(H,26,31)(H,27,29,32).